The summed E-state index contributed by atoms with van der Waals surface area (Å²) in [6, 6.07) is 0. The molecule has 0 aromatic heterocycles. The van der Waals surface area contributed by atoms with Crippen LogP contribution in [0.4, 0.5) is 0 Å². The van der Waals surface area contributed by atoms with Crippen LogP contribution in [0, 0.1) is 53.3 Å². The van der Waals surface area contributed by atoms with Gasteiger partial charge in [0.25, 0.3) is 0 Å². The average molecular weight is 561 g/mol. The van der Waals surface area contributed by atoms with Crippen molar-refractivity contribution in [3.63, 3.8) is 0 Å². The number of aliphatic hydroxyl groups excluding tert-OH is 1. The van der Waals surface area contributed by atoms with Gasteiger partial charge in [-0.05, 0) is 98.7 Å². The molecule has 1 N–H and O–H groups in total. The van der Waals surface area contributed by atoms with Gasteiger partial charge in [-0.3, -0.25) is 0 Å². The second-order valence-corrected chi connectivity index (χ2v) is 13.6. The summed E-state index contributed by atoms with van der Waals surface area (Å²) in [7, 11) is 0. The summed E-state index contributed by atoms with van der Waals surface area (Å²) in [4.78, 5) is 0. The van der Waals surface area contributed by atoms with Crippen molar-refractivity contribution in [3.05, 3.63) is 9.66 Å². The summed E-state index contributed by atoms with van der Waals surface area (Å²) in [6.07, 6.45) is 14.3. The normalized spacial score (nSPS) is 32.2. The van der Waals surface area contributed by atoms with Crippen molar-refractivity contribution in [1.82, 2.24) is 0 Å². The summed E-state index contributed by atoms with van der Waals surface area (Å²) < 4.78 is 1.56. The molecule has 1 aliphatic carbocycles. The number of halogens is 1. The monoisotopic (exact) mass is 560 g/mol. The van der Waals surface area contributed by atoms with E-state index in [-0.39, 0.29) is 6.10 Å². The topological polar surface area (TPSA) is 20.2 Å². The Kier molecular flexibility index (Phi) is 14.7. The molecule has 0 bridgehead atoms. The molecular formula is C30H57IO. The van der Waals surface area contributed by atoms with Gasteiger partial charge < -0.3 is 5.11 Å². The van der Waals surface area contributed by atoms with Gasteiger partial charge >= 0.3 is 0 Å². The fourth-order valence-corrected chi connectivity index (χ4v) is 6.40. The zero-order valence-electron chi connectivity index (χ0n) is 23.0. The first kappa shape index (κ1) is 30.5. The first-order valence-corrected chi connectivity index (χ1v) is 15.1. The molecule has 0 aromatic carbocycles. The first-order chi connectivity index (χ1) is 15.0. The third-order valence-electron chi connectivity index (χ3n) is 9.12. The molecule has 0 radical (unpaired) electrons. The Labute approximate surface area is 216 Å². The number of hydrogen-bond acceptors (Lipinski definition) is 1. The Morgan fingerprint density at radius 2 is 1.25 bits per heavy atom. The maximum absolute atomic E-state index is 10.9. The van der Waals surface area contributed by atoms with E-state index in [9.17, 15) is 5.11 Å². The van der Waals surface area contributed by atoms with E-state index in [1.165, 1.54) is 57.8 Å². The van der Waals surface area contributed by atoms with Crippen molar-refractivity contribution in [1.29, 1.82) is 0 Å². The highest BCUT2D eigenvalue weighted by molar-refractivity contribution is 14.1. The smallest absolute Gasteiger partial charge is 0.0599 e. The highest BCUT2D eigenvalue weighted by Gasteiger charge is 2.42. The largest absolute Gasteiger partial charge is 0.393 e. The van der Waals surface area contributed by atoms with Gasteiger partial charge in [0, 0.05) is 0 Å². The van der Waals surface area contributed by atoms with Crippen LogP contribution in [0.15, 0.2) is 9.66 Å². The molecule has 8 unspecified atom stereocenters. The number of aliphatic hydroxyl groups is 1. The van der Waals surface area contributed by atoms with E-state index >= 15 is 0 Å². The van der Waals surface area contributed by atoms with E-state index in [0.717, 1.165) is 29.6 Å². The lowest BCUT2D eigenvalue weighted by Crippen LogP contribution is -2.45. The zero-order valence-corrected chi connectivity index (χ0v) is 25.2. The molecule has 1 saturated carbocycles. The summed E-state index contributed by atoms with van der Waals surface area (Å²) in [5.74, 6) is 6.09. The van der Waals surface area contributed by atoms with Crippen LogP contribution in [-0.2, 0) is 0 Å². The predicted octanol–water partition coefficient (Wildman–Crippen LogP) is 9.92. The lowest BCUT2D eigenvalue weighted by atomic mass is 9.61. The Morgan fingerprint density at radius 3 is 1.81 bits per heavy atom. The maximum atomic E-state index is 10.9. The number of rotatable bonds is 14. The van der Waals surface area contributed by atoms with Crippen LogP contribution in [0.3, 0.4) is 0 Å². The van der Waals surface area contributed by atoms with Crippen LogP contribution in [0.1, 0.15) is 120 Å². The molecule has 0 spiro atoms. The molecule has 1 nitrogen and oxygen atoms in total. The molecule has 9 atom stereocenters. The van der Waals surface area contributed by atoms with Crippen LogP contribution >= 0.6 is 22.6 Å². The van der Waals surface area contributed by atoms with Crippen LogP contribution in [0.25, 0.3) is 0 Å². The van der Waals surface area contributed by atoms with Crippen LogP contribution in [-0.4, -0.2) is 11.2 Å². The molecule has 1 fully saturated rings. The van der Waals surface area contributed by atoms with E-state index in [1.54, 1.807) is 3.58 Å². The third-order valence-corrected chi connectivity index (χ3v) is 10.6. The molecule has 190 valence electrons. The standard InChI is InChI=1S/C30H57IO/c1-20(2)16-19-29(31)23(5)15-11-14-21(3)12-10-13-22(4)17-18-28-26(8)24(6)25(7)27(9)30(28)32/h19-28,30,32H,10-18H2,1-9H3/b29-19-/t21?,22?,23?,24?,25?,26-,27?,28?,30?/m1/s1. The number of allylic oxidation sites excluding steroid dienone is 2. The van der Waals surface area contributed by atoms with Gasteiger partial charge in [-0.25, -0.2) is 0 Å². The summed E-state index contributed by atoms with van der Waals surface area (Å²) in [5.41, 5.74) is 0. The van der Waals surface area contributed by atoms with Crippen molar-refractivity contribution in [3.8, 4) is 0 Å². The van der Waals surface area contributed by atoms with Gasteiger partial charge in [0.15, 0.2) is 0 Å². The quantitative estimate of drug-likeness (QED) is 0.210. The van der Waals surface area contributed by atoms with Gasteiger partial charge in [-0.1, -0.05) is 107 Å². The second-order valence-electron chi connectivity index (χ2n) is 12.4. The highest BCUT2D eigenvalue weighted by Crippen LogP contribution is 2.44. The van der Waals surface area contributed by atoms with Crippen LogP contribution in [0.5, 0.6) is 0 Å². The Hall–Kier alpha value is 0.430. The Morgan fingerprint density at radius 1 is 0.750 bits per heavy atom. The van der Waals surface area contributed by atoms with Gasteiger partial charge in [0.2, 0.25) is 0 Å². The average Bonchev–Trinajstić information content (AvgIpc) is 2.74. The molecule has 1 rings (SSSR count). The summed E-state index contributed by atoms with van der Waals surface area (Å²) in [6.45, 7) is 21.3. The van der Waals surface area contributed by atoms with Crippen molar-refractivity contribution in [2.45, 2.75) is 126 Å². The Balaban J connectivity index is 2.23. The summed E-state index contributed by atoms with van der Waals surface area (Å²) >= 11 is 2.56. The van der Waals surface area contributed by atoms with Gasteiger partial charge in [-0.15, -0.1) is 0 Å². The SMILES string of the molecule is CC(C)C/C=C(\I)C(C)CCCC(C)CCCC(C)CCC1C(O)C(C)C(C)C(C)[C@H]1C. The lowest BCUT2D eigenvalue weighted by Gasteiger charge is -2.46. The number of hydrogen-bond donors (Lipinski definition) is 1. The maximum Gasteiger partial charge on any atom is 0.0599 e. The molecule has 0 amide bonds. The van der Waals surface area contributed by atoms with E-state index in [0.29, 0.717) is 23.7 Å². The third kappa shape index (κ3) is 10.4. The van der Waals surface area contributed by atoms with Crippen molar-refractivity contribution in [2.24, 2.45) is 53.3 Å². The molecule has 1 aliphatic rings. The van der Waals surface area contributed by atoms with Crippen LogP contribution < -0.4 is 0 Å². The Bertz CT molecular complexity index is 511. The van der Waals surface area contributed by atoms with Gasteiger partial charge in [0.1, 0.15) is 0 Å². The van der Waals surface area contributed by atoms with E-state index in [2.05, 4.69) is 91.0 Å². The van der Waals surface area contributed by atoms with Crippen LogP contribution in [0.2, 0.25) is 0 Å². The first-order valence-electron chi connectivity index (χ1n) is 14.0. The zero-order chi connectivity index (χ0) is 24.4. The second kappa shape index (κ2) is 15.4. The minimum atomic E-state index is -0.103. The lowest BCUT2D eigenvalue weighted by molar-refractivity contribution is -0.0638. The van der Waals surface area contributed by atoms with Crippen molar-refractivity contribution in [2.75, 3.05) is 0 Å². The molecular weight excluding hydrogens is 503 g/mol. The van der Waals surface area contributed by atoms with Crippen molar-refractivity contribution < 1.29 is 5.11 Å². The fourth-order valence-electron chi connectivity index (χ4n) is 5.83. The summed E-state index contributed by atoms with van der Waals surface area (Å²) in [5, 5.41) is 10.9. The van der Waals surface area contributed by atoms with Crippen molar-refractivity contribution >= 4 is 22.6 Å². The van der Waals surface area contributed by atoms with Gasteiger partial charge in [0.05, 0.1) is 6.10 Å². The fraction of sp³-hybridized carbons (Fsp3) is 0.933. The van der Waals surface area contributed by atoms with E-state index in [4.69, 9.17) is 0 Å². The molecule has 0 aliphatic heterocycles. The highest BCUT2D eigenvalue weighted by atomic mass is 127. The molecule has 32 heavy (non-hydrogen) atoms. The van der Waals surface area contributed by atoms with E-state index < -0.39 is 0 Å². The molecule has 2 heteroatoms. The molecule has 0 aromatic rings. The predicted molar refractivity (Wildman–Crippen MR) is 152 cm³/mol. The van der Waals surface area contributed by atoms with Gasteiger partial charge in [-0.2, -0.15) is 0 Å². The minimum Gasteiger partial charge on any atom is -0.393 e. The van der Waals surface area contributed by atoms with E-state index in [1.807, 2.05) is 0 Å². The minimum absolute atomic E-state index is 0.103. The molecule has 0 heterocycles. The molecule has 0 saturated heterocycles.